The average Bonchev–Trinajstić information content (AvgIpc) is 2.62. The van der Waals surface area contributed by atoms with Crippen molar-refractivity contribution < 1.29 is 9.21 Å². The van der Waals surface area contributed by atoms with Gasteiger partial charge in [-0.25, -0.2) is 0 Å². The summed E-state index contributed by atoms with van der Waals surface area (Å²) < 4.78 is 5.56. The van der Waals surface area contributed by atoms with Crippen LogP contribution in [0.15, 0.2) is 4.42 Å². The predicted molar refractivity (Wildman–Crippen MR) is 77.1 cm³/mol. The highest BCUT2D eigenvalue weighted by Gasteiger charge is 2.37. The summed E-state index contributed by atoms with van der Waals surface area (Å²) in [7, 11) is 0. The SMILES string of the molecule is Cc1oc(C)c(C(=O)N2CC(N3CCNCC3)C2)c1C. The van der Waals surface area contributed by atoms with Gasteiger partial charge in [0, 0.05) is 50.9 Å². The van der Waals surface area contributed by atoms with Gasteiger partial charge in [-0.15, -0.1) is 0 Å². The van der Waals surface area contributed by atoms with Crippen molar-refractivity contribution >= 4 is 5.91 Å². The van der Waals surface area contributed by atoms with Crippen molar-refractivity contribution in [2.75, 3.05) is 39.3 Å². The fourth-order valence-corrected chi connectivity index (χ4v) is 3.17. The lowest BCUT2D eigenvalue weighted by Gasteiger charge is -2.46. The monoisotopic (exact) mass is 277 g/mol. The Morgan fingerprint density at radius 3 is 2.35 bits per heavy atom. The molecule has 1 aromatic heterocycles. The van der Waals surface area contributed by atoms with Gasteiger partial charge in [-0.1, -0.05) is 0 Å². The number of nitrogens with zero attached hydrogens (tertiary/aromatic N) is 2. The zero-order valence-corrected chi connectivity index (χ0v) is 12.5. The molecule has 1 amide bonds. The van der Waals surface area contributed by atoms with Gasteiger partial charge >= 0.3 is 0 Å². The molecule has 2 saturated heterocycles. The summed E-state index contributed by atoms with van der Waals surface area (Å²) >= 11 is 0. The van der Waals surface area contributed by atoms with E-state index in [0.29, 0.717) is 6.04 Å². The van der Waals surface area contributed by atoms with Crippen LogP contribution in [0.3, 0.4) is 0 Å². The zero-order valence-electron chi connectivity index (χ0n) is 12.5. The van der Waals surface area contributed by atoms with Crippen LogP contribution in [-0.2, 0) is 0 Å². The Kier molecular flexibility index (Phi) is 3.56. The lowest BCUT2D eigenvalue weighted by Crippen LogP contribution is -2.63. The number of nitrogens with one attached hydrogen (secondary N) is 1. The summed E-state index contributed by atoms with van der Waals surface area (Å²) in [5, 5.41) is 3.36. The van der Waals surface area contributed by atoms with Crippen molar-refractivity contribution in [3.8, 4) is 0 Å². The Balaban J connectivity index is 1.63. The maximum Gasteiger partial charge on any atom is 0.257 e. The van der Waals surface area contributed by atoms with Gasteiger partial charge in [0.25, 0.3) is 5.91 Å². The van der Waals surface area contributed by atoms with Gasteiger partial charge in [0.2, 0.25) is 0 Å². The molecule has 110 valence electrons. The van der Waals surface area contributed by atoms with E-state index in [-0.39, 0.29) is 5.91 Å². The number of amides is 1. The first-order valence-corrected chi connectivity index (χ1v) is 7.38. The largest absolute Gasteiger partial charge is 0.466 e. The van der Waals surface area contributed by atoms with Gasteiger partial charge in [-0.2, -0.15) is 0 Å². The first-order valence-electron chi connectivity index (χ1n) is 7.38. The second kappa shape index (κ2) is 5.22. The van der Waals surface area contributed by atoms with Crippen LogP contribution in [0.5, 0.6) is 0 Å². The van der Waals surface area contributed by atoms with E-state index in [4.69, 9.17) is 4.42 Å². The van der Waals surface area contributed by atoms with E-state index >= 15 is 0 Å². The summed E-state index contributed by atoms with van der Waals surface area (Å²) in [6.45, 7) is 11.8. The van der Waals surface area contributed by atoms with E-state index in [0.717, 1.165) is 61.9 Å². The predicted octanol–water partition coefficient (Wildman–Crippen LogP) is 0.934. The topological polar surface area (TPSA) is 48.7 Å². The molecular formula is C15H23N3O2. The van der Waals surface area contributed by atoms with Gasteiger partial charge in [0.15, 0.2) is 0 Å². The molecule has 2 aliphatic rings. The summed E-state index contributed by atoms with van der Waals surface area (Å²) in [6, 6.07) is 0.537. The minimum absolute atomic E-state index is 0.128. The van der Waals surface area contributed by atoms with E-state index in [2.05, 4.69) is 10.2 Å². The Hall–Kier alpha value is -1.33. The number of hydrogen-bond donors (Lipinski definition) is 1. The van der Waals surface area contributed by atoms with E-state index in [1.54, 1.807) is 0 Å². The molecule has 0 atom stereocenters. The zero-order chi connectivity index (χ0) is 14.3. The molecule has 3 heterocycles. The minimum atomic E-state index is 0.128. The molecule has 0 spiro atoms. The molecule has 20 heavy (non-hydrogen) atoms. The molecule has 5 heteroatoms. The molecule has 0 unspecified atom stereocenters. The number of furan rings is 1. The Labute approximate surface area is 119 Å². The van der Waals surface area contributed by atoms with Crippen LogP contribution < -0.4 is 5.32 Å². The smallest absolute Gasteiger partial charge is 0.257 e. The molecule has 0 saturated carbocycles. The van der Waals surface area contributed by atoms with E-state index in [1.807, 2.05) is 25.7 Å². The molecular weight excluding hydrogens is 254 g/mol. The highest BCUT2D eigenvalue weighted by atomic mass is 16.3. The van der Waals surface area contributed by atoms with Crippen LogP contribution in [0.4, 0.5) is 0 Å². The van der Waals surface area contributed by atoms with Crippen molar-refractivity contribution in [2.24, 2.45) is 0 Å². The average molecular weight is 277 g/mol. The number of likely N-dealkylation sites (tertiary alicyclic amines) is 1. The molecule has 1 N–H and O–H groups in total. The minimum Gasteiger partial charge on any atom is -0.466 e. The van der Waals surface area contributed by atoms with Crippen LogP contribution in [0, 0.1) is 20.8 Å². The van der Waals surface area contributed by atoms with E-state index < -0.39 is 0 Å². The fourth-order valence-electron chi connectivity index (χ4n) is 3.17. The maximum absolute atomic E-state index is 12.5. The summed E-state index contributed by atoms with van der Waals surface area (Å²) in [4.78, 5) is 17.0. The van der Waals surface area contributed by atoms with Crippen LogP contribution >= 0.6 is 0 Å². The molecule has 5 nitrogen and oxygen atoms in total. The molecule has 0 bridgehead atoms. The van der Waals surface area contributed by atoms with Crippen LogP contribution in [0.2, 0.25) is 0 Å². The van der Waals surface area contributed by atoms with Gasteiger partial charge in [-0.05, 0) is 20.8 Å². The van der Waals surface area contributed by atoms with E-state index in [9.17, 15) is 4.79 Å². The first-order chi connectivity index (χ1) is 9.58. The summed E-state index contributed by atoms with van der Waals surface area (Å²) in [6.07, 6.45) is 0. The lowest BCUT2D eigenvalue weighted by atomic mass is 10.0. The van der Waals surface area contributed by atoms with Crippen molar-refractivity contribution in [3.05, 3.63) is 22.6 Å². The number of carbonyl (C=O) groups excluding carboxylic acids is 1. The molecule has 2 aliphatic heterocycles. The standard InChI is InChI=1S/C15H23N3O2/c1-10-11(2)20-12(3)14(10)15(19)18-8-13(9-18)17-6-4-16-5-7-17/h13,16H,4-9H2,1-3H3. The van der Waals surface area contributed by atoms with E-state index in [1.165, 1.54) is 0 Å². The van der Waals surface area contributed by atoms with Gasteiger partial charge < -0.3 is 14.6 Å². The molecule has 0 radical (unpaired) electrons. The molecule has 2 fully saturated rings. The van der Waals surface area contributed by atoms with Gasteiger partial charge in [-0.3, -0.25) is 9.69 Å². The number of hydrogen-bond acceptors (Lipinski definition) is 4. The lowest BCUT2D eigenvalue weighted by molar-refractivity contribution is 0.0225. The second-order valence-electron chi connectivity index (χ2n) is 5.86. The summed E-state index contributed by atoms with van der Waals surface area (Å²) in [5.74, 6) is 1.73. The maximum atomic E-state index is 12.5. The highest BCUT2D eigenvalue weighted by molar-refractivity contribution is 5.97. The number of rotatable bonds is 2. The fraction of sp³-hybridized carbons (Fsp3) is 0.667. The van der Waals surface area contributed by atoms with Gasteiger partial charge in [0.05, 0.1) is 5.56 Å². The number of aryl methyl sites for hydroxylation is 2. The summed E-state index contributed by atoms with van der Waals surface area (Å²) in [5.41, 5.74) is 1.75. The van der Waals surface area contributed by atoms with Crippen molar-refractivity contribution in [3.63, 3.8) is 0 Å². The van der Waals surface area contributed by atoms with Crippen molar-refractivity contribution in [1.82, 2.24) is 15.1 Å². The Morgan fingerprint density at radius 1 is 1.15 bits per heavy atom. The van der Waals surface area contributed by atoms with Crippen molar-refractivity contribution in [2.45, 2.75) is 26.8 Å². The van der Waals surface area contributed by atoms with Crippen LogP contribution in [0.25, 0.3) is 0 Å². The Bertz CT molecular complexity index is 511. The molecule has 1 aromatic rings. The number of carbonyl (C=O) groups is 1. The van der Waals surface area contributed by atoms with Crippen molar-refractivity contribution in [1.29, 1.82) is 0 Å². The van der Waals surface area contributed by atoms with Crippen LogP contribution in [0.1, 0.15) is 27.4 Å². The Morgan fingerprint density at radius 2 is 1.80 bits per heavy atom. The highest BCUT2D eigenvalue weighted by Crippen LogP contribution is 2.25. The third-order valence-corrected chi connectivity index (χ3v) is 4.59. The normalized spacial score (nSPS) is 21.1. The van der Waals surface area contributed by atoms with Gasteiger partial charge in [0.1, 0.15) is 11.5 Å². The second-order valence-corrected chi connectivity index (χ2v) is 5.86. The quantitative estimate of drug-likeness (QED) is 0.874. The molecule has 0 aromatic carbocycles. The first kappa shape index (κ1) is 13.6. The molecule has 0 aliphatic carbocycles. The molecule has 3 rings (SSSR count). The number of piperazine rings is 1. The third kappa shape index (κ3) is 2.25. The van der Waals surface area contributed by atoms with Crippen LogP contribution in [-0.4, -0.2) is 61.0 Å². The third-order valence-electron chi connectivity index (χ3n) is 4.59.